The second-order valence-electron chi connectivity index (χ2n) is 5.55. The van der Waals surface area contributed by atoms with Gasteiger partial charge in [-0.05, 0) is 25.1 Å². The first-order valence-electron chi connectivity index (χ1n) is 8.54. The van der Waals surface area contributed by atoms with Crippen LogP contribution < -0.4 is 15.4 Å². The van der Waals surface area contributed by atoms with Gasteiger partial charge in [0, 0.05) is 25.1 Å². The first kappa shape index (κ1) is 19.5. The highest BCUT2D eigenvalue weighted by molar-refractivity contribution is 6.01. The van der Waals surface area contributed by atoms with Gasteiger partial charge in [-0.3, -0.25) is 4.79 Å². The van der Waals surface area contributed by atoms with E-state index in [0.717, 1.165) is 11.3 Å². The maximum Gasteiger partial charge on any atom is 0.340 e. The maximum absolute atomic E-state index is 12.2. The molecule has 0 atom stereocenters. The molecule has 0 saturated carbocycles. The molecule has 0 bridgehead atoms. The number of ether oxygens (including phenoxy) is 2. The topological polar surface area (TPSA) is 76.7 Å². The molecule has 0 heterocycles. The number of hydrogen-bond acceptors (Lipinski definition) is 5. The van der Waals surface area contributed by atoms with Crippen molar-refractivity contribution in [2.24, 2.45) is 0 Å². The lowest BCUT2D eigenvalue weighted by atomic mass is 10.1. The van der Waals surface area contributed by atoms with Crippen LogP contribution in [0, 0.1) is 0 Å². The minimum Gasteiger partial charge on any atom is -0.496 e. The van der Waals surface area contributed by atoms with E-state index in [2.05, 4.69) is 10.6 Å². The lowest BCUT2D eigenvalue weighted by Gasteiger charge is -2.11. The van der Waals surface area contributed by atoms with Crippen molar-refractivity contribution in [3.63, 3.8) is 0 Å². The Morgan fingerprint density at radius 3 is 2.54 bits per heavy atom. The van der Waals surface area contributed by atoms with Crippen molar-refractivity contribution in [1.82, 2.24) is 5.32 Å². The SMILES string of the molecule is CCOC(=O)c1ccccc1NC(=O)CCNCc1ccccc1OC. The van der Waals surface area contributed by atoms with E-state index < -0.39 is 5.97 Å². The number of esters is 1. The molecular formula is C20H24N2O4. The Morgan fingerprint density at radius 1 is 1.04 bits per heavy atom. The zero-order valence-electron chi connectivity index (χ0n) is 15.1. The Bertz CT molecular complexity index is 746. The molecule has 1 amide bonds. The largest absolute Gasteiger partial charge is 0.496 e. The molecule has 26 heavy (non-hydrogen) atoms. The lowest BCUT2D eigenvalue weighted by molar-refractivity contribution is -0.116. The summed E-state index contributed by atoms with van der Waals surface area (Å²) in [6, 6.07) is 14.5. The molecule has 6 heteroatoms. The molecule has 2 aromatic rings. The number of nitrogens with one attached hydrogen (secondary N) is 2. The van der Waals surface area contributed by atoms with Gasteiger partial charge in [0.15, 0.2) is 0 Å². The third kappa shape index (κ3) is 5.60. The summed E-state index contributed by atoms with van der Waals surface area (Å²) in [7, 11) is 1.63. The highest BCUT2D eigenvalue weighted by Gasteiger charge is 2.13. The van der Waals surface area contributed by atoms with E-state index in [1.807, 2.05) is 24.3 Å². The van der Waals surface area contributed by atoms with Crippen LogP contribution >= 0.6 is 0 Å². The molecular weight excluding hydrogens is 332 g/mol. The molecule has 6 nitrogen and oxygen atoms in total. The van der Waals surface area contributed by atoms with Gasteiger partial charge < -0.3 is 20.1 Å². The maximum atomic E-state index is 12.2. The van der Waals surface area contributed by atoms with Crippen molar-refractivity contribution in [2.75, 3.05) is 25.6 Å². The van der Waals surface area contributed by atoms with Crippen LogP contribution in [0.5, 0.6) is 5.75 Å². The molecule has 0 aromatic heterocycles. The zero-order chi connectivity index (χ0) is 18.8. The molecule has 2 aromatic carbocycles. The van der Waals surface area contributed by atoms with E-state index in [1.165, 1.54) is 0 Å². The Morgan fingerprint density at radius 2 is 1.77 bits per heavy atom. The van der Waals surface area contributed by atoms with Crippen molar-refractivity contribution in [3.05, 3.63) is 59.7 Å². The molecule has 2 rings (SSSR count). The Balaban J connectivity index is 1.83. The highest BCUT2D eigenvalue weighted by Crippen LogP contribution is 2.17. The molecule has 138 valence electrons. The summed E-state index contributed by atoms with van der Waals surface area (Å²) in [5.74, 6) is 0.194. The molecule has 0 saturated heterocycles. The van der Waals surface area contributed by atoms with Crippen molar-refractivity contribution >= 4 is 17.6 Å². The van der Waals surface area contributed by atoms with Gasteiger partial charge in [0.05, 0.1) is 25.0 Å². The number of benzene rings is 2. The normalized spacial score (nSPS) is 10.2. The average molecular weight is 356 g/mol. The fourth-order valence-corrected chi connectivity index (χ4v) is 2.47. The third-order valence-electron chi connectivity index (χ3n) is 3.73. The number of carbonyl (C=O) groups is 2. The van der Waals surface area contributed by atoms with Gasteiger partial charge in [0.25, 0.3) is 0 Å². The summed E-state index contributed by atoms with van der Waals surface area (Å²) in [6.45, 7) is 3.14. The first-order chi connectivity index (χ1) is 12.7. The number of methoxy groups -OCH3 is 1. The summed E-state index contributed by atoms with van der Waals surface area (Å²) < 4.78 is 10.3. The fourth-order valence-electron chi connectivity index (χ4n) is 2.47. The van der Waals surface area contributed by atoms with E-state index in [1.54, 1.807) is 38.3 Å². The first-order valence-corrected chi connectivity index (χ1v) is 8.54. The number of para-hydroxylation sites is 2. The minimum absolute atomic E-state index is 0.172. The van der Waals surface area contributed by atoms with Gasteiger partial charge in [-0.15, -0.1) is 0 Å². The number of amides is 1. The van der Waals surface area contributed by atoms with Crippen LogP contribution in [0.2, 0.25) is 0 Å². The third-order valence-corrected chi connectivity index (χ3v) is 3.73. The predicted molar refractivity (Wildman–Crippen MR) is 100 cm³/mol. The van der Waals surface area contributed by atoms with Crippen LogP contribution in [0.3, 0.4) is 0 Å². The van der Waals surface area contributed by atoms with Crippen LogP contribution in [0.15, 0.2) is 48.5 Å². The molecule has 0 radical (unpaired) electrons. The standard InChI is InChI=1S/C20H24N2O4/c1-3-26-20(24)16-9-5-6-10-17(16)22-19(23)12-13-21-14-15-8-4-7-11-18(15)25-2/h4-11,21H,3,12-14H2,1-2H3,(H,22,23). The van der Waals surface area contributed by atoms with Crippen LogP contribution in [-0.2, 0) is 16.1 Å². The molecule has 0 aliphatic heterocycles. The predicted octanol–water partition coefficient (Wildman–Crippen LogP) is 2.99. The number of hydrogen-bond donors (Lipinski definition) is 2. The second kappa shape index (κ2) is 10.2. The number of rotatable bonds is 9. The van der Waals surface area contributed by atoms with Crippen molar-refractivity contribution in [2.45, 2.75) is 19.9 Å². The van der Waals surface area contributed by atoms with Gasteiger partial charge >= 0.3 is 5.97 Å². The Kier molecular flexibility index (Phi) is 7.64. The van der Waals surface area contributed by atoms with E-state index in [9.17, 15) is 9.59 Å². The minimum atomic E-state index is -0.447. The molecule has 2 N–H and O–H groups in total. The quantitative estimate of drug-likeness (QED) is 0.534. The van der Waals surface area contributed by atoms with Crippen LogP contribution in [0.25, 0.3) is 0 Å². The summed E-state index contributed by atoms with van der Waals surface area (Å²) >= 11 is 0. The Labute approximate surface area is 153 Å². The van der Waals surface area contributed by atoms with E-state index in [0.29, 0.717) is 24.3 Å². The fraction of sp³-hybridized carbons (Fsp3) is 0.300. The van der Waals surface area contributed by atoms with Crippen LogP contribution in [0.1, 0.15) is 29.3 Å². The summed E-state index contributed by atoms with van der Waals surface area (Å²) in [5, 5.41) is 5.98. The molecule has 0 aliphatic carbocycles. The molecule has 0 spiro atoms. The van der Waals surface area contributed by atoms with Crippen LogP contribution in [0.4, 0.5) is 5.69 Å². The van der Waals surface area contributed by atoms with Crippen molar-refractivity contribution in [1.29, 1.82) is 0 Å². The molecule has 0 aliphatic rings. The molecule has 0 unspecified atom stereocenters. The van der Waals surface area contributed by atoms with E-state index in [-0.39, 0.29) is 18.9 Å². The van der Waals surface area contributed by atoms with Gasteiger partial charge in [0.1, 0.15) is 5.75 Å². The number of carbonyl (C=O) groups excluding carboxylic acids is 2. The van der Waals surface area contributed by atoms with Crippen molar-refractivity contribution in [3.8, 4) is 5.75 Å². The highest BCUT2D eigenvalue weighted by atomic mass is 16.5. The van der Waals surface area contributed by atoms with Gasteiger partial charge in [-0.2, -0.15) is 0 Å². The zero-order valence-corrected chi connectivity index (χ0v) is 15.1. The van der Waals surface area contributed by atoms with Crippen LogP contribution in [-0.4, -0.2) is 32.1 Å². The van der Waals surface area contributed by atoms with Gasteiger partial charge in [0.2, 0.25) is 5.91 Å². The Hall–Kier alpha value is -2.86. The summed E-state index contributed by atoms with van der Waals surface area (Å²) in [4.78, 5) is 24.1. The van der Waals surface area contributed by atoms with Gasteiger partial charge in [-0.25, -0.2) is 4.79 Å². The average Bonchev–Trinajstić information content (AvgIpc) is 2.66. The van der Waals surface area contributed by atoms with Crippen molar-refractivity contribution < 1.29 is 19.1 Å². The smallest absolute Gasteiger partial charge is 0.340 e. The molecule has 0 fully saturated rings. The lowest BCUT2D eigenvalue weighted by Crippen LogP contribution is -2.22. The second-order valence-corrected chi connectivity index (χ2v) is 5.55. The summed E-state index contributed by atoms with van der Waals surface area (Å²) in [5.41, 5.74) is 1.84. The van der Waals surface area contributed by atoms with E-state index >= 15 is 0 Å². The van der Waals surface area contributed by atoms with E-state index in [4.69, 9.17) is 9.47 Å². The monoisotopic (exact) mass is 356 g/mol. The number of anilines is 1. The summed E-state index contributed by atoms with van der Waals surface area (Å²) in [6.07, 6.45) is 0.284. The van der Waals surface area contributed by atoms with Gasteiger partial charge in [-0.1, -0.05) is 30.3 Å².